The van der Waals surface area contributed by atoms with Crippen molar-refractivity contribution in [1.82, 2.24) is 0 Å². The summed E-state index contributed by atoms with van der Waals surface area (Å²) in [4.78, 5) is 0.0818. The summed E-state index contributed by atoms with van der Waals surface area (Å²) in [6.45, 7) is 2.05. The molecule has 0 aromatic heterocycles. The van der Waals surface area contributed by atoms with Crippen molar-refractivity contribution >= 4 is 49.9 Å². The Morgan fingerprint density at radius 1 is 0.762 bits per heavy atom. The first-order chi connectivity index (χ1) is 10.1. The summed E-state index contributed by atoms with van der Waals surface area (Å²) in [5.41, 5.74) is 3.47. The number of hydrogen-bond donors (Lipinski definition) is 0. The van der Waals surface area contributed by atoms with Gasteiger partial charge in [0.25, 0.3) is 0 Å². The predicted molar refractivity (Wildman–Crippen MR) is 95.9 cm³/mol. The second-order valence-electron chi connectivity index (χ2n) is 5.00. The Labute approximate surface area is 142 Å². The minimum absolute atomic E-state index is 0.0818. The smallest absolute Gasteiger partial charge is 0.0653 e. The summed E-state index contributed by atoms with van der Waals surface area (Å²) in [5.74, 6) is 0. The van der Waals surface area contributed by atoms with Crippen molar-refractivity contribution in [2.45, 2.75) is 11.8 Å². The molecule has 3 heteroatoms. The van der Waals surface area contributed by atoms with Gasteiger partial charge in [0, 0.05) is 15.4 Å². The van der Waals surface area contributed by atoms with Gasteiger partial charge < -0.3 is 0 Å². The van der Waals surface area contributed by atoms with Gasteiger partial charge in [-0.05, 0) is 41.1 Å². The first-order valence-corrected chi connectivity index (χ1v) is 8.33. The van der Waals surface area contributed by atoms with E-state index in [4.69, 9.17) is 23.2 Å². The summed E-state index contributed by atoms with van der Waals surface area (Å²) in [7, 11) is 0. The lowest BCUT2D eigenvalue weighted by molar-refractivity contribution is 1.16. The minimum Gasteiger partial charge on any atom is -0.0840 e. The van der Waals surface area contributed by atoms with Gasteiger partial charge in [0.2, 0.25) is 0 Å². The average molecular weight is 380 g/mol. The van der Waals surface area contributed by atoms with Crippen molar-refractivity contribution in [3.63, 3.8) is 0 Å². The molecule has 0 aliphatic rings. The van der Waals surface area contributed by atoms with E-state index in [9.17, 15) is 0 Å². The first kappa shape index (κ1) is 14.9. The van der Waals surface area contributed by atoms with Crippen molar-refractivity contribution < 1.29 is 0 Å². The summed E-state index contributed by atoms with van der Waals surface area (Å²) >= 11 is 16.4. The molecule has 1 atom stereocenters. The van der Waals surface area contributed by atoms with Crippen molar-refractivity contribution in [3.05, 3.63) is 81.3 Å². The lowest BCUT2D eigenvalue weighted by atomic mass is 9.96. The van der Waals surface area contributed by atoms with Gasteiger partial charge in [0.1, 0.15) is 0 Å². The van der Waals surface area contributed by atoms with Crippen LogP contribution in [0.2, 0.25) is 10.0 Å². The molecule has 3 rings (SSSR count). The number of fused-ring (bicyclic) bond motifs is 1. The second-order valence-corrected chi connectivity index (χ2v) is 6.73. The van der Waals surface area contributed by atoms with Crippen LogP contribution < -0.4 is 0 Å². The fourth-order valence-corrected chi connectivity index (χ4v) is 3.88. The summed E-state index contributed by atoms with van der Waals surface area (Å²) in [5, 5.41) is 3.79. The molecule has 0 fully saturated rings. The molecule has 0 amide bonds. The summed E-state index contributed by atoms with van der Waals surface area (Å²) < 4.78 is 0. The maximum atomic E-state index is 6.30. The third-order valence-electron chi connectivity index (χ3n) is 3.76. The molecule has 0 N–H and O–H groups in total. The maximum absolute atomic E-state index is 6.30. The minimum atomic E-state index is 0.0818. The Morgan fingerprint density at radius 3 is 2.24 bits per heavy atom. The van der Waals surface area contributed by atoms with E-state index in [1.165, 1.54) is 11.1 Å². The highest BCUT2D eigenvalue weighted by molar-refractivity contribution is 9.09. The highest BCUT2D eigenvalue weighted by Gasteiger charge is 2.17. The molecule has 0 spiro atoms. The van der Waals surface area contributed by atoms with E-state index < -0.39 is 0 Å². The zero-order chi connectivity index (χ0) is 15.0. The van der Waals surface area contributed by atoms with Crippen LogP contribution in [0.3, 0.4) is 0 Å². The van der Waals surface area contributed by atoms with Crippen LogP contribution in [0, 0.1) is 6.92 Å². The van der Waals surface area contributed by atoms with Gasteiger partial charge in [0.15, 0.2) is 0 Å². The van der Waals surface area contributed by atoms with E-state index >= 15 is 0 Å². The monoisotopic (exact) mass is 378 g/mol. The molecule has 0 heterocycles. The fourth-order valence-electron chi connectivity index (χ4n) is 2.57. The second kappa shape index (κ2) is 6.00. The van der Waals surface area contributed by atoms with Crippen LogP contribution in [0.15, 0.2) is 54.6 Å². The van der Waals surface area contributed by atoms with Crippen LogP contribution in [0.5, 0.6) is 0 Å². The number of hydrogen-bond acceptors (Lipinski definition) is 0. The fraction of sp³-hybridized carbons (Fsp3) is 0.111. The van der Waals surface area contributed by atoms with E-state index in [1.807, 2.05) is 43.3 Å². The molecule has 3 aromatic rings. The molecule has 1 unspecified atom stereocenters. The normalized spacial score (nSPS) is 12.6. The lowest BCUT2D eigenvalue weighted by Crippen LogP contribution is -1.97. The van der Waals surface area contributed by atoms with Gasteiger partial charge in [0.05, 0.1) is 4.83 Å². The van der Waals surface area contributed by atoms with Crippen LogP contribution in [0.25, 0.3) is 10.8 Å². The third kappa shape index (κ3) is 2.70. The number of benzene rings is 3. The topological polar surface area (TPSA) is 0 Å². The Hall–Kier alpha value is -1.02. The first-order valence-electron chi connectivity index (χ1n) is 6.66. The van der Waals surface area contributed by atoms with Crippen molar-refractivity contribution in [2.24, 2.45) is 0 Å². The average Bonchev–Trinajstić information content (AvgIpc) is 2.50. The Balaban J connectivity index is 2.21. The Kier molecular flexibility index (Phi) is 4.26. The van der Waals surface area contributed by atoms with Gasteiger partial charge in [-0.2, -0.15) is 0 Å². The number of rotatable bonds is 2. The molecule has 0 bridgehead atoms. The SMILES string of the molecule is Cc1c(Cl)cccc1C(Br)c1ccc(Cl)c2ccccc12. The highest BCUT2D eigenvalue weighted by atomic mass is 79.9. The zero-order valence-electron chi connectivity index (χ0n) is 11.4. The number of alkyl halides is 1. The molecule has 0 radical (unpaired) electrons. The summed E-state index contributed by atoms with van der Waals surface area (Å²) in [6, 6.07) is 18.2. The molecular weight excluding hydrogens is 367 g/mol. The van der Waals surface area contributed by atoms with E-state index in [-0.39, 0.29) is 4.83 Å². The predicted octanol–water partition coefficient (Wildman–Crippen LogP) is 6.94. The maximum Gasteiger partial charge on any atom is 0.0653 e. The molecule has 0 saturated heterocycles. The zero-order valence-corrected chi connectivity index (χ0v) is 14.5. The van der Waals surface area contributed by atoms with Crippen LogP contribution in [0.4, 0.5) is 0 Å². The standard InChI is InChI=1S/C18H13BrCl2/c1-11-12(7-4-8-16(11)20)18(19)15-9-10-17(21)14-6-3-2-5-13(14)15/h2-10,18H,1H3. The van der Waals surface area contributed by atoms with Crippen LogP contribution in [0.1, 0.15) is 21.5 Å². The summed E-state index contributed by atoms with van der Waals surface area (Å²) in [6.07, 6.45) is 0. The van der Waals surface area contributed by atoms with E-state index in [0.717, 1.165) is 26.4 Å². The van der Waals surface area contributed by atoms with E-state index in [0.29, 0.717) is 0 Å². The van der Waals surface area contributed by atoms with Gasteiger partial charge in [-0.25, -0.2) is 0 Å². The van der Waals surface area contributed by atoms with Crippen molar-refractivity contribution in [2.75, 3.05) is 0 Å². The third-order valence-corrected chi connectivity index (χ3v) is 5.49. The number of halogens is 3. The van der Waals surface area contributed by atoms with E-state index in [1.54, 1.807) is 0 Å². The van der Waals surface area contributed by atoms with Gasteiger partial charge in [-0.3, -0.25) is 0 Å². The van der Waals surface area contributed by atoms with Gasteiger partial charge in [-0.1, -0.05) is 81.6 Å². The van der Waals surface area contributed by atoms with Gasteiger partial charge in [-0.15, -0.1) is 0 Å². The molecule has 106 valence electrons. The quantitative estimate of drug-likeness (QED) is 0.423. The lowest BCUT2D eigenvalue weighted by Gasteiger charge is -2.17. The van der Waals surface area contributed by atoms with Crippen LogP contribution >= 0.6 is 39.1 Å². The van der Waals surface area contributed by atoms with Crippen LogP contribution in [-0.2, 0) is 0 Å². The molecule has 0 aliphatic carbocycles. The Morgan fingerprint density at radius 2 is 1.48 bits per heavy atom. The Bertz CT molecular complexity index is 811. The highest BCUT2D eigenvalue weighted by Crippen LogP contribution is 2.39. The largest absolute Gasteiger partial charge is 0.0840 e. The molecular formula is C18H13BrCl2. The molecule has 3 aromatic carbocycles. The van der Waals surface area contributed by atoms with Gasteiger partial charge >= 0.3 is 0 Å². The van der Waals surface area contributed by atoms with Crippen molar-refractivity contribution in [1.29, 1.82) is 0 Å². The molecule has 0 saturated carbocycles. The molecule has 21 heavy (non-hydrogen) atoms. The van der Waals surface area contributed by atoms with E-state index in [2.05, 4.69) is 34.1 Å². The molecule has 0 aliphatic heterocycles. The molecule has 0 nitrogen and oxygen atoms in total. The van der Waals surface area contributed by atoms with Crippen LogP contribution in [-0.4, -0.2) is 0 Å². The van der Waals surface area contributed by atoms with Crippen molar-refractivity contribution in [3.8, 4) is 0 Å².